The maximum absolute atomic E-state index is 10.3. The number of carboxylic acid groups (broad SMARTS) is 1. The van der Waals surface area contributed by atoms with Crippen molar-refractivity contribution in [1.29, 1.82) is 0 Å². The molecule has 0 aliphatic heterocycles. The van der Waals surface area contributed by atoms with Crippen LogP contribution in [-0.4, -0.2) is 29.6 Å². The van der Waals surface area contributed by atoms with Gasteiger partial charge in [0.2, 0.25) is 0 Å². The quantitative estimate of drug-likeness (QED) is 0.202. The van der Waals surface area contributed by atoms with Crippen LogP contribution in [0.15, 0.2) is 4.99 Å². The van der Waals surface area contributed by atoms with Gasteiger partial charge in [-0.05, 0) is 12.8 Å². The fraction of sp³-hybridized carbons (Fsp3) is 0.667. The van der Waals surface area contributed by atoms with E-state index in [9.17, 15) is 9.36 Å². The maximum Gasteiger partial charge on any atom is 0.320 e. The van der Waals surface area contributed by atoms with Crippen LogP contribution >= 0.6 is 8.61 Å². The zero-order chi connectivity index (χ0) is 11.0. The number of hydrogen-bond acceptors (Lipinski definition) is 4. The lowest BCUT2D eigenvalue weighted by Gasteiger charge is -2.03. The number of carbonyl (C=O) groups is 1. The van der Waals surface area contributed by atoms with Crippen LogP contribution in [0.5, 0.6) is 0 Å². The van der Waals surface area contributed by atoms with Crippen molar-refractivity contribution in [1.82, 2.24) is 5.09 Å². The SMILES string of the molecule is NC(=NCCCC(N)C(=O)O)NP=O. The molecule has 0 amide bonds. The Balaban J connectivity index is 3.59. The molecule has 0 aromatic carbocycles. The molecule has 0 aromatic rings. The number of nitrogens with two attached hydrogens (primary N) is 2. The molecular formula is C6H13N4O3P. The number of rotatable bonds is 6. The highest BCUT2D eigenvalue weighted by molar-refractivity contribution is 7.22. The summed E-state index contributed by atoms with van der Waals surface area (Å²) in [6.07, 6.45) is 0.854. The molecule has 0 aliphatic rings. The number of nitrogens with zero attached hydrogens (tertiary/aromatic N) is 1. The highest BCUT2D eigenvalue weighted by atomic mass is 31.1. The van der Waals surface area contributed by atoms with E-state index in [2.05, 4.69) is 10.1 Å². The van der Waals surface area contributed by atoms with E-state index in [4.69, 9.17) is 16.6 Å². The summed E-state index contributed by atoms with van der Waals surface area (Å²) in [7, 11) is -0.314. The zero-order valence-corrected chi connectivity index (χ0v) is 8.41. The minimum absolute atomic E-state index is 0.0607. The second kappa shape index (κ2) is 7.23. The minimum atomic E-state index is -1.03. The molecule has 0 bridgehead atoms. The number of guanidine groups is 1. The van der Waals surface area contributed by atoms with Crippen LogP contribution in [0.3, 0.4) is 0 Å². The number of nitrogens with one attached hydrogen (secondary N) is 1. The molecule has 14 heavy (non-hydrogen) atoms. The summed E-state index contributed by atoms with van der Waals surface area (Å²) in [6, 6.07) is -0.864. The van der Waals surface area contributed by atoms with Crippen molar-refractivity contribution in [2.45, 2.75) is 18.9 Å². The molecule has 0 spiro atoms. The van der Waals surface area contributed by atoms with Crippen molar-refractivity contribution in [3.63, 3.8) is 0 Å². The summed E-state index contributed by atoms with van der Waals surface area (Å²) < 4.78 is 9.97. The molecule has 1 unspecified atom stereocenters. The van der Waals surface area contributed by atoms with Gasteiger partial charge in [-0.1, -0.05) is 0 Å². The first-order valence-corrected chi connectivity index (χ1v) is 4.76. The third-order valence-corrected chi connectivity index (χ3v) is 1.75. The Hall–Kier alpha value is -1.20. The Kier molecular flexibility index (Phi) is 6.61. The lowest BCUT2D eigenvalue weighted by Crippen LogP contribution is -2.30. The van der Waals surface area contributed by atoms with Gasteiger partial charge in [-0.25, -0.2) is 4.57 Å². The molecule has 0 saturated heterocycles. The van der Waals surface area contributed by atoms with Gasteiger partial charge in [0.05, 0.1) is 0 Å². The average molecular weight is 220 g/mol. The van der Waals surface area contributed by atoms with Crippen LogP contribution in [0, 0.1) is 0 Å². The van der Waals surface area contributed by atoms with Gasteiger partial charge in [0.25, 0.3) is 8.61 Å². The Morgan fingerprint density at radius 3 is 2.79 bits per heavy atom. The van der Waals surface area contributed by atoms with E-state index in [0.29, 0.717) is 19.4 Å². The molecule has 0 aliphatic carbocycles. The first-order valence-electron chi connectivity index (χ1n) is 3.94. The van der Waals surface area contributed by atoms with E-state index in [1.807, 2.05) is 0 Å². The normalized spacial score (nSPS) is 13.9. The Morgan fingerprint density at radius 2 is 2.29 bits per heavy atom. The first-order chi connectivity index (χ1) is 6.57. The van der Waals surface area contributed by atoms with Gasteiger partial charge >= 0.3 is 5.97 Å². The van der Waals surface area contributed by atoms with Crippen molar-refractivity contribution < 1.29 is 14.5 Å². The van der Waals surface area contributed by atoms with E-state index in [0.717, 1.165) is 0 Å². The Bertz CT molecular complexity index is 233. The fourth-order valence-electron chi connectivity index (χ4n) is 0.716. The number of aliphatic imine (C=N–C) groups is 1. The van der Waals surface area contributed by atoms with Gasteiger partial charge in [0.15, 0.2) is 5.96 Å². The van der Waals surface area contributed by atoms with Crippen molar-refractivity contribution in [3.8, 4) is 0 Å². The average Bonchev–Trinajstić information content (AvgIpc) is 2.12. The lowest BCUT2D eigenvalue weighted by molar-refractivity contribution is -0.138. The summed E-state index contributed by atoms with van der Waals surface area (Å²) >= 11 is 0. The van der Waals surface area contributed by atoms with Gasteiger partial charge in [0.1, 0.15) is 6.04 Å². The fourth-order valence-corrected chi connectivity index (χ4v) is 0.881. The largest absolute Gasteiger partial charge is 0.480 e. The minimum Gasteiger partial charge on any atom is -0.480 e. The summed E-state index contributed by atoms with van der Waals surface area (Å²) in [5, 5.41) is 10.7. The van der Waals surface area contributed by atoms with Crippen molar-refractivity contribution in [2.24, 2.45) is 16.5 Å². The molecule has 0 saturated carbocycles. The monoisotopic (exact) mass is 220 g/mol. The van der Waals surface area contributed by atoms with Gasteiger partial charge in [-0.2, -0.15) is 0 Å². The predicted octanol–water partition coefficient (Wildman–Crippen LogP) is -0.710. The number of hydrogen-bond donors (Lipinski definition) is 4. The molecule has 0 fully saturated rings. The lowest BCUT2D eigenvalue weighted by atomic mass is 10.2. The van der Waals surface area contributed by atoms with Crippen LogP contribution in [0.1, 0.15) is 12.8 Å². The molecular weight excluding hydrogens is 207 g/mol. The van der Waals surface area contributed by atoms with Gasteiger partial charge in [0, 0.05) is 6.54 Å². The number of aliphatic carboxylic acids is 1. The van der Waals surface area contributed by atoms with Crippen molar-refractivity contribution >= 4 is 20.5 Å². The number of carboxylic acids is 1. The van der Waals surface area contributed by atoms with E-state index in [-0.39, 0.29) is 14.6 Å². The molecule has 6 N–H and O–H groups in total. The van der Waals surface area contributed by atoms with Gasteiger partial charge in [-0.15, -0.1) is 0 Å². The molecule has 0 heterocycles. The van der Waals surface area contributed by atoms with Gasteiger partial charge < -0.3 is 16.6 Å². The highest BCUT2D eigenvalue weighted by Crippen LogP contribution is 1.95. The van der Waals surface area contributed by atoms with Crippen LogP contribution in [0.4, 0.5) is 0 Å². The van der Waals surface area contributed by atoms with Crippen molar-refractivity contribution in [3.05, 3.63) is 0 Å². The summed E-state index contributed by atoms with van der Waals surface area (Å²) in [6.45, 7) is 0.356. The molecule has 0 radical (unpaired) electrons. The molecule has 1 atom stereocenters. The predicted molar refractivity (Wildman–Crippen MR) is 52.1 cm³/mol. The van der Waals surface area contributed by atoms with E-state index >= 15 is 0 Å². The van der Waals surface area contributed by atoms with Crippen LogP contribution in [0.25, 0.3) is 0 Å². The standard InChI is InChI=1S/C6H13N4O3P/c7-4(5(11)12)2-1-3-9-6(8)10-14-13/h4H,1-3,7H2,(H,11,12)(H3,8,9,10,13). The van der Waals surface area contributed by atoms with E-state index < -0.39 is 12.0 Å². The Morgan fingerprint density at radius 1 is 1.64 bits per heavy atom. The maximum atomic E-state index is 10.3. The van der Waals surface area contributed by atoms with E-state index in [1.165, 1.54) is 0 Å². The topological polar surface area (TPSA) is 131 Å². The van der Waals surface area contributed by atoms with Crippen LogP contribution in [0.2, 0.25) is 0 Å². The zero-order valence-electron chi connectivity index (χ0n) is 7.51. The Labute approximate surface area is 82.8 Å². The summed E-state index contributed by atoms with van der Waals surface area (Å²) in [5.74, 6) is -0.969. The van der Waals surface area contributed by atoms with Crippen LogP contribution in [-0.2, 0) is 9.36 Å². The summed E-state index contributed by atoms with van der Waals surface area (Å²) in [5.41, 5.74) is 10.5. The smallest absolute Gasteiger partial charge is 0.320 e. The molecule has 0 rings (SSSR count). The first kappa shape index (κ1) is 12.8. The third-order valence-electron chi connectivity index (χ3n) is 1.43. The van der Waals surface area contributed by atoms with Gasteiger partial charge in [-0.3, -0.25) is 14.9 Å². The second-order valence-corrected chi connectivity index (χ2v) is 2.96. The third kappa shape index (κ3) is 6.33. The van der Waals surface area contributed by atoms with E-state index in [1.54, 1.807) is 0 Å². The molecule has 7 nitrogen and oxygen atoms in total. The molecule has 80 valence electrons. The second-order valence-electron chi connectivity index (χ2n) is 2.56. The molecule has 0 aromatic heterocycles. The highest BCUT2D eigenvalue weighted by Gasteiger charge is 2.09. The van der Waals surface area contributed by atoms with Crippen molar-refractivity contribution in [2.75, 3.05) is 6.54 Å². The summed E-state index contributed by atoms with van der Waals surface area (Å²) in [4.78, 5) is 14.1. The molecule has 8 heteroatoms. The van der Waals surface area contributed by atoms with Crippen LogP contribution < -0.4 is 16.6 Å².